The van der Waals surface area contributed by atoms with Crippen molar-refractivity contribution < 1.29 is 8.81 Å². The molecule has 0 aliphatic carbocycles. The van der Waals surface area contributed by atoms with Gasteiger partial charge in [0.05, 0.1) is 0 Å². The van der Waals surface area contributed by atoms with Crippen LogP contribution in [0.5, 0.6) is 0 Å². The monoisotopic (exact) mass is 401 g/mol. The third-order valence-corrected chi connectivity index (χ3v) is 4.23. The summed E-state index contributed by atoms with van der Waals surface area (Å²) in [5.74, 6) is -0.244. The van der Waals surface area contributed by atoms with Crippen LogP contribution in [0.4, 0.5) is 10.1 Å². The van der Waals surface area contributed by atoms with Crippen LogP contribution in [-0.4, -0.2) is 0 Å². The zero-order valence-electron chi connectivity index (χ0n) is 10.3. The van der Waals surface area contributed by atoms with Crippen LogP contribution in [0, 0.1) is 9.39 Å². The standard InChI is InChI=1S/C15H10ClFINO/c16-15-11(10-3-1-2-4-14(10)20-15)8-19-13-6-5-9(17)7-12(13)18/h1-7,19H,8H2. The Balaban J connectivity index is 1.88. The summed E-state index contributed by atoms with van der Waals surface area (Å²) >= 11 is 8.23. The quantitative estimate of drug-likeness (QED) is 0.591. The zero-order chi connectivity index (χ0) is 14.1. The summed E-state index contributed by atoms with van der Waals surface area (Å²) in [5, 5.41) is 4.63. The summed E-state index contributed by atoms with van der Waals surface area (Å²) in [5.41, 5.74) is 2.54. The lowest BCUT2D eigenvalue weighted by Gasteiger charge is -2.08. The van der Waals surface area contributed by atoms with E-state index in [0.29, 0.717) is 11.8 Å². The minimum atomic E-state index is -0.244. The number of para-hydroxylation sites is 1. The van der Waals surface area contributed by atoms with Crippen molar-refractivity contribution in [2.45, 2.75) is 6.54 Å². The molecule has 0 bridgehead atoms. The maximum absolute atomic E-state index is 13.1. The van der Waals surface area contributed by atoms with Crippen molar-refractivity contribution in [2.24, 2.45) is 0 Å². The van der Waals surface area contributed by atoms with E-state index in [1.807, 2.05) is 24.3 Å². The van der Waals surface area contributed by atoms with E-state index < -0.39 is 0 Å². The Morgan fingerprint density at radius 2 is 2.00 bits per heavy atom. The molecule has 1 N–H and O–H groups in total. The van der Waals surface area contributed by atoms with Crippen LogP contribution in [0.3, 0.4) is 0 Å². The largest absolute Gasteiger partial charge is 0.444 e. The highest BCUT2D eigenvalue weighted by atomic mass is 127. The number of furan rings is 1. The second kappa shape index (κ2) is 5.61. The van der Waals surface area contributed by atoms with E-state index in [1.165, 1.54) is 12.1 Å². The maximum Gasteiger partial charge on any atom is 0.199 e. The second-order valence-corrected chi connectivity index (χ2v) is 5.83. The third-order valence-electron chi connectivity index (χ3n) is 3.04. The van der Waals surface area contributed by atoms with E-state index in [2.05, 4.69) is 27.9 Å². The molecular formula is C15H10ClFINO. The van der Waals surface area contributed by atoms with Gasteiger partial charge in [-0.25, -0.2) is 4.39 Å². The van der Waals surface area contributed by atoms with Gasteiger partial charge in [0.2, 0.25) is 0 Å². The summed E-state index contributed by atoms with van der Waals surface area (Å²) in [6.07, 6.45) is 0. The van der Waals surface area contributed by atoms with E-state index in [1.54, 1.807) is 6.07 Å². The molecule has 0 aliphatic heterocycles. The fourth-order valence-electron chi connectivity index (χ4n) is 2.05. The lowest BCUT2D eigenvalue weighted by molar-refractivity contribution is 0.613. The molecule has 0 amide bonds. The lowest BCUT2D eigenvalue weighted by Crippen LogP contribution is -2.01. The summed E-state index contributed by atoms with van der Waals surface area (Å²) in [4.78, 5) is 0. The molecule has 20 heavy (non-hydrogen) atoms. The normalized spacial score (nSPS) is 10.9. The molecule has 0 radical (unpaired) electrons. The fourth-order valence-corrected chi connectivity index (χ4v) is 2.97. The van der Waals surface area contributed by atoms with Gasteiger partial charge in [-0.1, -0.05) is 18.2 Å². The molecule has 5 heteroatoms. The first-order valence-corrected chi connectivity index (χ1v) is 7.45. The summed E-state index contributed by atoms with van der Waals surface area (Å²) < 4.78 is 19.4. The number of halogens is 3. The lowest BCUT2D eigenvalue weighted by atomic mass is 10.2. The smallest absolute Gasteiger partial charge is 0.199 e. The highest BCUT2D eigenvalue weighted by Crippen LogP contribution is 2.30. The number of hydrogen-bond acceptors (Lipinski definition) is 2. The van der Waals surface area contributed by atoms with Crippen LogP contribution in [0.25, 0.3) is 11.0 Å². The van der Waals surface area contributed by atoms with Crippen molar-refractivity contribution in [3.8, 4) is 0 Å². The van der Waals surface area contributed by atoms with Crippen molar-refractivity contribution in [1.82, 2.24) is 0 Å². The molecule has 0 saturated heterocycles. The average molecular weight is 402 g/mol. The highest BCUT2D eigenvalue weighted by molar-refractivity contribution is 14.1. The van der Waals surface area contributed by atoms with Gasteiger partial charge in [-0.15, -0.1) is 0 Å². The van der Waals surface area contributed by atoms with Crippen LogP contribution >= 0.6 is 34.2 Å². The number of rotatable bonds is 3. The number of hydrogen-bond donors (Lipinski definition) is 1. The molecule has 2 nitrogen and oxygen atoms in total. The van der Waals surface area contributed by atoms with Gasteiger partial charge in [-0.3, -0.25) is 0 Å². The summed E-state index contributed by atoms with van der Waals surface area (Å²) in [6.45, 7) is 0.525. The third kappa shape index (κ3) is 2.62. The SMILES string of the molecule is Fc1ccc(NCc2c(Cl)oc3ccccc23)c(I)c1. The van der Waals surface area contributed by atoms with E-state index >= 15 is 0 Å². The molecule has 1 heterocycles. The van der Waals surface area contributed by atoms with Crippen LogP contribution in [0.1, 0.15) is 5.56 Å². The molecule has 0 spiro atoms. The van der Waals surface area contributed by atoms with Gasteiger partial charge in [0.25, 0.3) is 0 Å². The van der Waals surface area contributed by atoms with E-state index in [-0.39, 0.29) is 5.82 Å². The van der Waals surface area contributed by atoms with Crippen LogP contribution < -0.4 is 5.32 Å². The van der Waals surface area contributed by atoms with Gasteiger partial charge in [0.15, 0.2) is 5.22 Å². The fraction of sp³-hybridized carbons (Fsp3) is 0.0667. The first kappa shape index (κ1) is 13.7. The van der Waals surface area contributed by atoms with Crippen molar-refractivity contribution in [1.29, 1.82) is 0 Å². The molecular weight excluding hydrogens is 392 g/mol. The average Bonchev–Trinajstić information content (AvgIpc) is 2.74. The van der Waals surface area contributed by atoms with E-state index in [0.717, 1.165) is 25.8 Å². The molecule has 102 valence electrons. The van der Waals surface area contributed by atoms with Crippen molar-refractivity contribution in [3.63, 3.8) is 0 Å². The predicted octanol–water partition coefficient (Wildman–Crippen LogP) is 5.44. The summed E-state index contributed by atoms with van der Waals surface area (Å²) in [7, 11) is 0. The molecule has 3 rings (SSSR count). The molecule has 2 aromatic carbocycles. The van der Waals surface area contributed by atoms with Crippen molar-refractivity contribution in [2.75, 3.05) is 5.32 Å². The number of nitrogens with one attached hydrogen (secondary N) is 1. The topological polar surface area (TPSA) is 25.2 Å². The number of fused-ring (bicyclic) bond motifs is 1. The van der Waals surface area contributed by atoms with Crippen LogP contribution in [0.2, 0.25) is 5.22 Å². The molecule has 0 atom stereocenters. The second-order valence-electron chi connectivity index (χ2n) is 4.33. The van der Waals surface area contributed by atoms with Crippen LogP contribution in [0.15, 0.2) is 46.9 Å². The Hall–Kier alpha value is -1.27. The molecule has 3 aromatic rings. The van der Waals surface area contributed by atoms with E-state index in [4.69, 9.17) is 16.0 Å². The van der Waals surface area contributed by atoms with Crippen LogP contribution in [-0.2, 0) is 6.54 Å². The molecule has 0 saturated carbocycles. The molecule has 0 aliphatic rings. The Labute approximate surface area is 134 Å². The maximum atomic E-state index is 13.1. The number of anilines is 1. The first-order valence-electron chi connectivity index (χ1n) is 6.00. The number of benzene rings is 2. The van der Waals surface area contributed by atoms with Gasteiger partial charge < -0.3 is 9.73 Å². The zero-order valence-corrected chi connectivity index (χ0v) is 13.2. The Bertz CT molecular complexity index is 772. The summed E-state index contributed by atoms with van der Waals surface area (Å²) in [6, 6.07) is 12.3. The van der Waals surface area contributed by atoms with Crippen molar-refractivity contribution in [3.05, 3.63) is 62.6 Å². The predicted molar refractivity (Wildman–Crippen MR) is 87.7 cm³/mol. The van der Waals surface area contributed by atoms with Gasteiger partial charge in [-0.05, 0) is 58.5 Å². The van der Waals surface area contributed by atoms with Gasteiger partial charge in [0.1, 0.15) is 11.4 Å². The minimum absolute atomic E-state index is 0.244. The first-order chi connectivity index (χ1) is 9.65. The minimum Gasteiger partial charge on any atom is -0.444 e. The highest BCUT2D eigenvalue weighted by Gasteiger charge is 2.12. The van der Waals surface area contributed by atoms with Gasteiger partial charge >= 0.3 is 0 Å². The Morgan fingerprint density at radius 1 is 1.20 bits per heavy atom. The molecule has 0 unspecified atom stereocenters. The Kier molecular flexibility index (Phi) is 3.85. The molecule has 1 aromatic heterocycles. The van der Waals surface area contributed by atoms with Crippen molar-refractivity contribution >= 4 is 50.8 Å². The van der Waals surface area contributed by atoms with Gasteiger partial charge in [-0.2, -0.15) is 0 Å². The van der Waals surface area contributed by atoms with Gasteiger partial charge in [0, 0.05) is 26.8 Å². The molecule has 0 fully saturated rings. The Morgan fingerprint density at radius 3 is 2.80 bits per heavy atom. The van der Waals surface area contributed by atoms with E-state index in [9.17, 15) is 4.39 Å².